The van der Waals surface area contributed by atoms with E-state index in [-0.39, 0.29) is 11.9 Å². The second kappa shape index (κ2) is 17.2. The summed E-state index contributed by atoms with van der Waals surface area (Å²) in [6.45, 7) is 16.3. The zero-order valence-corrected chi connectivity index (χ0v) is 22.6. The Balaban J connectivity index is 3.74. The molecule has 0 heterocycles. The number of hydrogen-bond acceptors (Lipinski definition) is 6. The maximum absolute atomic E-state index is 13.1. The molecule has 34 heavy (non-hydrogen) atoms. The maximum Gasteiger partial charge on any atom is 0.340 e. The smallest absolute Gasteiger partial charge is 0.340 e. The minimum absolute atomic E-state index is 0.312. The minimum Gasteiger partial charge on any atom is -0.462 e. The van der Waals surface area contributed by atoms with Crippen LogP contribution in [0, 0.1) is 0 Å². The molecule has 0 saturated carbocycles. The molecule has 0 atom stereocenters. The van der Waals surface area contributed by atoms with Crippen LogP contribution in [0.1, 0.15) is 114 Å². The summed E-state index contributed by atoms with van der Waals surface area (Å²) >= 11 is 0. The van der Waals surface area contributed by atoms with Crippen LogP contribution in [0.25, 0.3) is 0 Å². The lowest BCUT2D eigenvalue weighted by atomic mass is 10.0. The first-order valence-electron chi connectivity index (χ1n) is 13.5. The molecule has 194 valence electrons. The molecular weight excluding hydrogens is 428 g/mol. The molecule has 0 aliphatic rings. The Morgan fingerprint density at radius 2 is 0.882 bits per heavy atom. The molecule has 0 spiro atoms. The highest BCUT2D eigenvalue weighted by atomic mass is 16.5. The van der Waals surface area contributed by atoms with Gasteiger partial charge in [-0.25, -0.2) is 9.59 Å². The lowest BCUT2D eigenvalue weighted by Crippen LogP contribution is -2.31. The molecule has 0 saturated heterocycles. The summed E-state index contributed by atoms with van der Waals surface area (Å²) < 4.78 is 10.9. The fraction of sp³-hybridized carbons (Fsp3) is 0.714. The Hall–Kier alpha value is -2.24. The van der Waals surface area contributed by atoms with Gasteiger partial charge in [-0.15, -0.1) is 0 Å². The summed E-state index contributed by atoms with van der Waals surface area (Å²) in [7, 11) is 0. The normalized spacial score (nSPS) is 10.8. The van der Waals surface area contributed by atoms with Crippen molar-refractivity contribution in [3.05, 3.63) is 23.3 Å². The van der Waals surface area contributed by atoms with Crippen LogP contribution in [-0.2, 0) is 9.47 Å². The Bertz CT molecular complexity index is 658. The average molecular weight is 477 g/mol. The predicted molar refractivity (Wildman–Crippen MR) is 142 cm³/mol. The standard InChI is InChI=1S/C28H48N2O4/c1-7-13-17-29(18-14-8-2)25-21-24(28(32)34-12-6)26(22-23(25)27(31)33-11-5)30(19-15-9-3)20-16-10-4/h21-22H,7-20H2,1-6H3. The number of ether oxygens (including phenoxy) is 2. The van der Waals surface area contributed by atoms with Crippen LogP contribution >= 0.6 is 0 Å². The molecule has 0 amide bonds. The Morgan fingerprint density at radius 1 is 0.588 bits per heavy atom. The second-order valence-electron chi connectivity index (χ2n) is 8.72. The van der Waals surface area contributed by atoms with Crippen LogP contribution in [0.15, 0.2) is 12.1 Å². The third-order valence-corrected chi connectivity index (χ3v) is 5.91. The van der Waals surface area contributed by atoms with Crippen molar-refractivity contribution in [2.24, 2.45) is 0 Å². The predicted octanol–water partition coefficient (Wildman–Crippen LogP) is 6.85. The molecule has 0 aliphatic carbocycles. The van der Waals surface area contributed by atoms with Gasteiger partial charge in [-0.1, -0.05) is 53.4 Å². The highest BCUT2D eigenvalue weighted by molar-refractivity contribution is 6.03. The summed E-state index contributed by atoms with van der Waals surface area (Å²) in [5.41, 5.74) is 2.63. The zero-order valence-electron chi connectivity index (χ0n) is 22.6. The first-order valence-corrected chi connectivity index (χ1v) is 13.5. The number of benzene rings is 1. The fourth-order valence-electron chi connectivity index (χ4n) is 3.95. The van der Waals surface area contributed by atoms with E-state index < -0.39 is 0 Å². The molecule has 1 aromatic carbocycles. The van der Waals surface area contributed by atoms with Crippen LogP contribution < -0.4 is 9.80 Å². The lowest BCUT2D eigenvalue weighted by molar-refractivity contribution is 0.0512. The van der Waals surface area contributed by atoms with E-state index in [9.17, 15) is 9.59 Å². The quantitative estimate of drug-likeness (QED) is 0.216. The summed E-state index contributed by atoms with van der Waals surface area (Å²) in [5.74, 6) is -0.670. The number of carbonyl (C=O) groups is 2. The molecule has 1 rings (SSSR count). The molecule has 6 heteroatoms. The number of unbranched alkanes of at least 4 members (excludes halogenated alkanes) is 4. The van der Waals surface area contributed by atoms with Crippen molar-refractivity contribution in [3.8, 4) is 0 Å². The van der Waals surface area contributed by atoms with Crippen molar-refractivity contribution >= 4 is 23.3 Å². The summed E-state index contributed by atoms with van der Waals surface area (Å²) in [6.07, 6.45) is 8.29. The monoisotopic (exact) mass is 476 g/mol. The fourth-order valence-corrected chi connectivity index (χ4v) is 3.95. The first-order chi connectivity index (χ1) is 16.5. The van der Waals surface area contributed by atoms with E-state index in [0.29, 0.717) is 24.3 Å². The lowest BCUT2D eigenvalue weighted by Gasteiger charge is -2.31. The maximum atomic E-state index is 13.1. The van der Waals surface area contributed by atoms with E-state index in [2.05, 4.69) is 37.5 Å². The Kier molecular flexibility index (Phi) is 15.1. The molecule has 0 aromatic heterocycles. The molecule has 6 nitrogen and oxygen atoms in total. The Labute approximate surface area is 208 Å². The van der Waals surface area contributed by atoms with Gasteiger partial charge in [0.05, 0.1) is 35.7 Å². The van der Waals surface area contributed by atoms with Crippen LogP contribution in [0.2, 0.25) is 0 Å². The van der Waals surface area contributed by atoms with E-state index in [4.69, 9.17) is 9.47 Å². The summed E-state index contributed by atoms with van der Waals surface area (Å²) in [6, 6.07) is 3.77. The van der Waals surface area contributed by atoms with Crippen LogP contribution in [0.5, 0.6) is 0 Å². The topological polar surface area (TPSA) is 59.1 Å². The van der Waals surface area contributed by atoms with Crippen LogP contribution in [0.4, 0.5) is 11.4 Å². The number of nitrogens with zero attached hydrogens (tertiary/aromatic N) is 2. The van der Waals surface area contributed by atoms with Gasteiger partial charge in [0.2, 0.25) is 0 Å². The molecule has 0 N–H and O–H groups in total. The van der Waals surface area contributed by atoms with E-state index in [1.165, 1.54) is 0 Å². The van der Waals surface area contributed by atoms with E-state index in [1.807, 2.05) is 26.0 Å². The summed E-state index contributed by atoms with van der Waals surface area (Å²) in [4.78, 5) is 30.8. The van der Waals surface area contributed by atoms with Crippen molar-refractivity contribution in [1.29, 1.82) is 0 Å². The van der Waals surface area contributed by atoms with E-state index in [0.717, 1.165) is 88.9 Å². The van der Waals surface area contributed by atoms with Crippen molar-refractivity contribution in [3.63, 3.8) is 0 Å². The van der Waals surface area contributed by atoms with Gasteiger partial charge in [-0.3, -0.25) is 0 Å². The van der Waals surface area contributed by atoms with E-state index >= 15 is 0 Å². The van der Waals surface area contributed by atoms with E-state index in [1.54, 1.807) is 0 Å². The minimum atomic E-state index is -0.335. The van der Waals surface area contributed by atoms with Crippen molar-refractivity contribution in [1.82, 2.24) is 0 Å². The number of anilines is 2. The molecule has 0 aliphatic heterocycles. The molecule has 0 unspecified atom stereocenters. The molecular formula is C28H48N2O4. The van der Waals surface area contributed by atoms with Crippen LogP contribution in [0.3, 0.4) is 0 Å². The molecule has 0 bridgehead atoms. The number of hydrogen-bond donors (Lipinski definition) is 0. The highest BCUT2D eigenvalue weighted by Gasteiger charge is 2.26. The zero-order chi connectivity index (χ0) is 25.3. The van der Waals surface area contributed by atoms with Gasteiger partial charge >= 0.3 is 11.9 Å². The third-order valence-electron chi connectivity index (χ3n) is 5.91. The summed E-state index contributed by atoms with van der Waals surface area (Å²) in [5, 5.41) is 0. The molecule has 0 radical (unpaired) electrons. The van der Waals surface area contributed by atoms with Gasteiger partial charge in [-0.05, 0) is 51.7 Å². The van der Waals surface area contributed by atoms with Gasteiger partial charge in [0, 0.05) is 26.2 Å². The molecule has 1 aromatic rings. The molecule has 0 fully saturated rings. The SMILES string of the molecule is CCCCN(CCCC)c1cc(C(=O)OCC)c(N(CCCC)CCCC)cc1C(=O)OCC. The van der Waals surface area contributed by atoms with Gasteiger partial charge in [0.25, 0.3) is 0 Å². The van der Waals surface area contributed by atoms with Gasteiger partial charge in [0.15, 0.2) is 0 Å². The van der Waals surface area contributed by atoms with Crippen molar-refractivity contribution in [2.75, 3.05) is 49.2 Å². The van der Waals surface area contributed by atoms with Gasteiger partial charge in [-0.2, -0.15) is 0 Å². The highest BCUT2D eigenvalue weighted by Crippen LogP contribution is 2.33. The third kappa shape index (κ3) is 9.19. The Morgan fingerprint density at radius 3 is 1.12 bits per heavy atom. The average Bonchev–Trinajstić information content (AvgIpc) is 2.84. The number of esters is 2. The van der Waals surface area contributed by atoms with Crippen LogP contribution in [-0.4, -0.2) is 51.3 Å². The number of carbonyl (C=O) groups excluding carboxylic acids is 2. The second-order valence-corrected chi connectivity index (χ2v) is 8.72. The number of rotatable bonds is 18. The van der Waals surface area contributed by atoms with Gasteiger partial charge in [0.1, 0.15) is 0 Å². The largest absolute Gasteiger partial charge is 0.462 e. The van der Waals surface area contributed by atoms with Gasteiger partial charge < -0.3 is 19.3 Å². The first kappa shape index (κ1) is 29.8. The van der Waals surface area contributed by atoms with Crippen molar-refractivity contribution < 1.29 is 19.1 Å². The van der Waals surface area contributed by atoms with Crippen molar-refractivity contribution in [2.45, 2.75) is 92.9 Å².